The molecule has 0 spiro atoms. The smallest absolute Gasteiger partial charge is 0.243 e. The van der Waals surface area contributed by atoms with Crippen LogP contribution in [0.1, 0.15) is 5.56 Å². The molecule has 2 aromatic rings. The summed E-state index contributed by atoms with van der Waals surface area (Å²) < 4.78 is 67.0. The van der Waals surface area contributed by atoms with Gasteiger partial charge < -0.3 is 4.90 Å². The van der Waals surface area contributed by atoms with E-state index in [4.69, 9.17) is 0 Å². The van der Waals surface area contributed by atoms with Crippen LogP contribution in [0.2, 0.25) is 0 Å². The van der Waals surface area contributed by atoms with E-state index in [0.717, 1.165) is 11.6 Å². The van der Waals surface area contributed by atoms with Crippen molar-refractivity contribution in [2.75, 3.05) is 31.1 Å². The van der Waals surface area contributed by atoms with E-state index in [2.05, 4.69) is 0 Å². The van der Waals surface area contributed by atoms with Gasteiger partial charge in [0.1, 0.15) is 0 Å². The maximum Gasteiger partial charge on any atom is 0.243 e. The number of rotatable bonds is 3. The molecule has 2 aromatic carbocycles. The van der Waals surface area contributed by atoms with Gasteiger partial charge in [0.15, 0.2) is 17.5 Å². The highest BCUT2D eigenvalue weighted by Crippen LogP contribution is 2.26. The van der Waals surface area contributed by atoms with Crippen LogP contribution in [-0.4, -0.2) is 38.9 Å². The second-order valence-electron chi connectivity index (χ2n) is 5.90. The summed E-state index contributed by atoms with van der Waals surface area (Å²) in [5.74, 6) is -4.02. The summed E-state index contributed by atoms with van der Waals surface area (Å²) in [6, 6.07) is 8.64. The van der Waals surface area contributed by atoms with Crippen molar-refractivity contribution in [2.45, 2.75) is 11.8 Å². The number of benzene rings is 2. The Morgan fingerprint density at radius 2 is 1.60 bits per heavy atom. The van der Waals surface area contributed by atoms with E-state index in [-0.39, 0.29) is 36.8 Å². The van der Waals surface area contributed by atoms with Crippen molar-refractivity contribution in [3.63, 3.8) is 0 Å². The van der Waals surface area contributed by atoms with Crippen LogP contribution in [-0.2, 0) is 10.0 Å². The predicted molar refractivity (Wildman–Crippen MR) is 88.5 cm³/mol. The number of piperazine rings is 1. The number of nitrogens with zero attached hydrogens (tertiary/aromatic N) is 2. The fourth-order valence-corrected chi connectivity index (χ4v) is 4.38. The quantitative estimate of drug-likeness (QED) is 0.780. The molecular weight excluding hydrogens is 353 g/mol. The molecule has 0 aliphatic carbocycles. The highest BCUT2D eigenvalue weighted by atomic mass is 32.2. The summed E-state index contributed by atoms with van der Waals surface area (Å²) in [6.45, 7) is 2.45. The minimum atomic E-state index is -3.64. The van der Waals surface area contributed by atoms with Gasteiger partial charge in [0.25, 0.3) is 0 Å². The third-order valence-corrected chi connectivity index (χ3v) is 6.12. The lowest BCUT2D eigenvalue weighted by molar-refractivity contribution is 0.380. The number of hydrogen-bond donors (Lipinski definition) is 0. The first-order valence-electron chi connectivity index (χ1n) is 7.76. The van der Waals surface area contributed by atoms with Crippen molar-refractivity contribution in [1.29, 1.82) is 0 Å². The fraction of sp³-hybridized carbons (Fsp3) is 0.294. The Hall–Kier alpha value is -2.06. The molecule has 0 aromatic heterocycles. The summed E-state index contributed by atoms with van der Waals surface area (Å²) in [6.07, 6.45) is 0. The third kappa shape index (κ3) is 3.36. The molecule has 0 radical (unpaired) electrons. The molecule has 1 aliphatic rings. The Bertz CT molecular complexity index is 895. The summed E-state index contributed by atoms with van der Waals surface area (Å²) in [7, 11) is -3.64. The van der Waals surface area contributed by atoms with Crippen LogP contribution in [0.4, 0.5) is 18.9 Å². The van der Waals surface area contributed by atoms with Gasteiger partial charge in [-0.15, -0.1) is 0 Å². The van der Waals surface area contributed by atoms with Crippen molar-refractivity contribution < 1.29 is 21.6 Å². The summed E-state index contributed by atoms with van der Waals surface area (Å²) in [4.78, 5) is 1.72. The van der Waals surface area contributed by atoms with Crippen LogP contribution >= 0.6 is 0 Å². The lowest BCUT2D eigenvalue weighted by atomic mass is 10.2. The summed E-state index contributed by atoms with van der Waals surface area (Å²) in [5, 5.41) is 0. The van der Waals surface area contributed by atoms with Gasteiger partial charge in [-0.25, -0.2) is 21.6 Å². The van der Waals surface area contributed by atoms with Crippen LogP contribution in [0.15, 0.2) is 41.3 Å². The van der Waals surface area contributed by atoms with Gasteiger partial charge in [-0.1, -0.05) is 12.1 Å². The molecule has 0 saturated carbocycles. The Morgan fingerprint density at radius 3 is 2.24 bits per heavy atom. The molecule has 0 unspecified atom stereocenters. The number of sulfonamides is 1. The van der Waals surface area contributed by atoms with Gasteiger partial charge in [0.2, 0.25) is 10.0 Å². The summed E-state index contributed by atoms with van der Waals surface area (Å²) in [5.41, 5.74) is 0.773. The molecule has 1 aliphatic heterocycles. The van der Waals surface area contributed by atoms with Crippen molar-refractivity contribution in [1.82, 2.24) is 4.31 Å². The molecule has 1 saturated heterocycles. The minimum absolute atomic E-state index is 0.0634. The molecule has 25 heavy (non-hydrogen) atoms. The van der Waals surface area contributed by atoms with E-state index in [1.165, 1.54) is 21.3 Å². The third-order valence-electron chi connectivity index (χ3n) is 4.22. The van der Waals surface area contributed by atoms with Gasteiger partial charge in [-0.3, -0.25) is 0 Å². The molecule has 8 heteroatoms. The van der Waals surface area contributed by atoms with Gasteiger partial charge >= 0.3 is 0 Å². The predicted octanol–water partition coefficient (Wildman–Crippen LogP) is 2.92. The van der Waals surface area contributed by atoms with Crippen molar-refractivity contribution in [3.05, 3.63) is 59.4 Å². The van der Waals surface area contributed by atoms with Gasteiger partial charge in [-0.05, 0) is 36.8 Å². The zero-order chi connectivity index (χ0) is 18.2. The zero-order valence-corrected chi connectivity index (χ0v) is 14.4. The molecule has 0 amide bonds. The van der Waals surface area contributed by atoms with Crippen molar-refractivity contribution >= 4 is 15.7 Å². The Morgan fingerprint density at radius 1 is 0.920 bits per heavy atom. The maximum absolute atomic E-state index is 13.9. The van der Waals surface area contributed by atoms with Crippen LogP contribution in [0.3, 0.4) is 0 Å². The van der Waals surface area contributed by atoms with Gasteiger partial charge in [-0.2, -0.15) is 4.31 Å². The Kier molecular flexibility index (Phi) is 4.75. The van der Waals surface area contributed by atoms with Gasteiger partial charge in [0, 0.05) is 26.2 Å². The van der Waals surface area contributed by atoms with Crippen molar-refractivity contribution in [2.24, 2.45) is 0 Å². The van der Waals surface area contributed by atoms with Crippen molar-refractivity contribution in [3.8, 4) is 0 Å². The van der Waals surface area contributed by atoms with Gasteiger partial charge in [0.05, 0.1) is 10.6 Å². The molecular formula is C17H17F3N2O2S. The number of anilines is 1. The van der Waals surface area contributed by atoms with E-state index < -0.39 is 27.5 Å². The summed E-state index contributed by atoms with van der Waals surface area (Å²) >= 11 is 0. The lowest BCUT2D eigenvalue weighted by Gasteiger charge is -2.35. The largest absolute Gasteiger partial charge is 0.366 e. The zero-order valence-electron chi connectivity index (χ0n) is 13.5. The number of hydrogen-bond acceptors (Lipinski definition) is 3. The molecule has 1 heterocycles. The molecule has 0 bridgehead atoms. The molecule has 0 N–H and O–H groups in total. The Balaban J connectivity index is 1.77. The normalized spacial score (nSPS) is 16.2. The fourth-order valence-electron chi connectivity index (χ4n) is 2.85. The first-order chi connectivity index (χ1) is 11.8. The minimum Gasteiger partial charge on any atom is -0.366 e. The number of aryl methyl sites for hydroxylation is 1. The molecule has 4 nitrogen and oxygen atoms in total. The second-order valence-corrected chi connectivity index (χ2v) is 7.84. The highest BCUT2D eigenvalue weighted by Gasteiger charge is 2.30. The molecule has 3 rings (SSSR count). The molecule has 134 valence electrons. The lowest BCUT2D eigenvalue weighted by Crippen LogP contribution is -2.49. The van der Waals surface area contributed by atoms with Crippen LogP contribution in [0, 0.1) is 24.4 Å². The standard InChI is InChI=1S/C17H17F3N2O2S/c1-12-3-2-4-13(11-12)25(23,24)22-9-7-21(8-10-22)15-6-5-14(18)16(19)17(15)20/h2-6,11H,7-10H2,1H3. The van der Waals surface area contributed by atoms with E-state index in [1.807, 2.05) is 13.0 Å². The molecule has 0 atom stereocenters. The first-order valence-corrected chi connectivity index (χ1v) is 9.20. The number of halogens is 3. The van der Waals surface area contributed by atoms with E-state index >= 15 is 0 Å². The first kappa shape index (κ1) is 17.8. The van der Waals surface area contributed by atoms with Crippen LogP contribution in [0.25, 0.3) is 0 Å². The maximum atomic E-state index is 13.9. The second kappa shape index (κ2) is 6.68. The van der Waals surface area contributed by atoms with E-state index in [0.29, 0.717) is 0 Å². The van der Waals surface area contributed by atoms with Crippen LogP contribution < -0.4 is 4.90 Å². The van der Waals surface area contributed by atoms with E-state index in [1.54, 1.807) is 12.1 Å². The monoisotopic (exact) mass is 370 g/mol. The Labute approximate surface area is 144 Å². The average Bonchev–Trinajstić information content (AvgIpc) is 2.60. The average molecular weight is 370 g/mol. The molecule has 1 fully saturated rings. The van der Waals surface area contributed by atoms with E-state index in [9.17, 15) is 21.6 Å². The van der Waals surface area contributed by atoms with Crippen LogP contribution in [0.5, 0.6) is 0 Å². The SMILES string of the molecule is Cc1cccc(S(=O)(=O)N2CCN(c3ccc(F)c(F)c3F)CC2)c1. The topological polar surface area (TPSA) is 40.6 Å². The highest BCUT2D eigenvalue weighted by molar-refractivity contribution is 7.89.